The third-order valence-electron chi connectivity index (χ3n) is 3.47. The zero-order chi connectivity index (χ0) is 14.4. The lowest BCUT2D eigenvalue weighted by atomic mass is 10.00. The Balaban J connectivity index is 2.12. The molecule has 0 saturated carbocycles. The Morgan fingerprint density at radius 2 is 1.90 bits per heavy atom. The molecule has 1 aromatic heterocycles. The van der Waals surface area contributed by atoms with Gasteiger partial charge in [0.25, 0.3) is 0 Å². The van der Waals surface area contributed by atoms with Gasteiger partial charge in [0, 0.05) is 25.8 Å². The number of nitrogens with zero attached hydrogens (tertiary/aromatic N) is 1. The van der Waals surface area contributed by atoms with Crippen molar-refractivity contribution in [3.8, 4) is 0 Å². The van der Waals surface area contributed by atoms with Crippen molar-refractivity contribution >= 4 is 5.69 Å². The highest BCUT2D eigenvalue weighted by Crippen LogP contribution is 2.21. The summed E-state index contributed by atoms with van der Waals surface area (Å²) >= 11 is 0. The van der Waals surface area contributed by atoms with Gasteiger partial charge in [-0.2, -0.15) is 0 Å². The lowest BCUT2D eigenvalue weighted by Gasteiger charge is -2.20. The van der Waals surface area contributed by atoms with Gasteiger partial charge in [-0.15, -0.1) is 0 Å². The van der Waals surface area contributed by atoms with Gasteiger partial charge in [0.15, 0.2) is 0 Å². The predicted octanol–water partition coefficient (Wildman–Crippen LogP) is 3.63. The van der Waals surface area contributed by atoms with Gasteiger partial charge in [0.05, 0.1) is 12.5 Å². The van der Waals surface area contributed by atoms with Crippen molar-refractivity contribution in [1.29, 1.82) is 0 Å². The molecule has 0 aliphatic rings. The fourth-order valence-corrected chi connectivity index (χ4v) is 2.28. The molecule has 2 rings (SSSR count). The lowest BCUT2D eigenvalue weighted by Crippen LogP contribution is -2.24. The van der Waals surface area contributed by atoms with E-state index in [4.69, 9.17) is 4.42 Å². The van der Waals surface area contributed by atoms with Crippen molar-refractivity contribution in [3.63, 3.8) is 0 Å². The third-order valence-corrected chi connectivity index (χ3v) is 3.47. The average molecular weight is 272 g/mol. The van der Waals surface area contributed by atoms with Crippen molar-refractivity contribution in [1.82, 2.24) is 5.32 Å². The number of anilines is 1. The highest BCUT2D eigenvalue weighted by atomic mass is 16.3. The Morgan fingerprint density at radius 3 is 2.45 bits per heavy atom. The first-order chi connectivity index (χ1) is 9.70. The van der Waals surface area contributed by atoms with E-state index in [2.05, 4.69) is 55.5 Å². The second-order valence-corrected chi connectivity index (χ2v) is 5.33. The van der Waals surface area contributed by atoms with E-state index in [0.717, 1.165) is 19.4 Å². The van der Waals surface area contributed by atoms with Gasteiger partial charge in [-0.05, 0) is 48.7 Å². The van der Waals surface area contributed by atoms with E-state index in [0.29, 0.717) is 6.04 Å². The van der Waals surface area contributed by atoms with Crippen LogP contribution in [0.3, 0.4) is 0 Å². The van der Waals surface area contributed by atoms with Gasteiger partial charge in [0.2, 0.25) is 0 Å². The van der Waals surface area contributed by atoms with E-state index in [1.807, 2.05) is 12.3 Å². The van der Waals surface area contributed by atoms with Crippen molar-refractivity contribution in [2.24, 2.45) is 0 Å². The molecule has 108 valence electrons. The van der Waals surface area contributed by atoms with Gasteiger partial charge in [-0.25, -0.2) is 0 Å². The zero-order valence-electron chi connectivity index (χ0n) is 12.6. The van der Waals surface area contributed by atoms with Crippen LogP contribution in [-0.2, 0) is 6.42 Å². The fourth-order valence-electron chi connectivity index (χ4n) is 2.28. The smallest absolute Gasteiger partial charge is 0.0935 e. The first-order valence-electron chi connectivity index (χ1n) is 7.22. The summed E-state index contributed by atoms with van der Waals surface area (Å²) in [7, 11) is 4.13. The van der Waals surface area contributed by atoms with E-state index in [1.54, 1.807) is 6.26 Å². The van der Waals surface area contributed by atoms with Crippen LogP contribution in [-0.4, -0.2) is 20.6 Å². The lowest BCUT2D eigenvalue weighted by molar-refractivity contribution is 0.520. The maximum absolute atomic E-state index is 5.17. The summed E-state index contributed by atoms with van der Waals surface area (Å²) in [6.45, 7) is 3.22. The van der Waals surface area contributed by atoms with Crippen LogP contribution in [0.4, 0.5) is 5.69 Å². The molecule has 20 heavy (non-hydrogen) atoms. The highest BCUT2D eigenvalue weighted by Gasteiger charge is 2.12. The molecule has 1 heterocycles. The highest BCUT2D eigenvalue weighted by molar-refractivity contribution is 5.46. The molecular formula is C17H24N2O. The summed E-state index contributed by atoms with van der Waals surface area (Å²) in [6, 6.07) is 11.1. The van der Waals surface area contributed by atoms with Crippen LogP contribution < -0.4 is 10.2 Å². The van der Waals surface area contributed by atoms with E-state index in [-0.39, 0.29) is 0 Å². The molecule has 0 saturated heterocycles. The Bertz CT molecular complexity index is 488. The van der Waals surface area contributed by atoms with Crippen LogP contribution in [0.15, 0.2) is 47.3 Å². The Hall–Kier alpha value is -1.74. The quantitative estimate of drug-likeness (QED) is 0.834. The minimum absolute atomic E-state index is 0.337. The van der Waals surface area contributed by atoms with Crippen molar-refractivity contribution < 1.29 is 4.42 Å². The summed E-state index contributed by atoms with van der Waals surface area (Å²) < 4.78 is 5.17. The van der Waals surface area contributed by atoms with Gasteiger partial charge < -0.3 is 14.6 Å². The molecule has 0 spiro atoms. The van der Waals surface area contributed by atoms with Gasteiger partial charge in [-0.1, -0.05) is 19.1 Å². The molecule has 1 atom stereocenters. The molecule has 3 heteroatoms. The first kappa shape index (κ1) is 14.7. The monoisotopic (exact) mass is 272 g/mol. The van der Waals surface area contributed by atoms with Crippen LogP contribution >= 0.6 is 0 Å². The van der Waals surface area contributed by atoms with Crippen LogP contribution in [0.1, 0.15) is 30.5 Å². The minimum atomic E-state index is 0.337. The minimum Gasteiger partial charge on any atom is -0.472 e. The Kier molecular flexibility index (Phi) is 5.24. The molecule has 0 fully saturated rings. The number of rotatable bonds is 7. The predicted molar refractivity (Wildman–Crippen MR) is 84.2 cm³/mol. The van der Waals surface area contributed by atoms with Crippen LogP contribution in [0, 0.1) is 0 Å². The summed E-state index contributed by atoms with van der Waals surface area (Å²) in [5, 5.41) is 3.62. The van der Waals surface area contributed by atoms with Crippen LogP contribution in [0.5, 0.6) is 0 Å². The molecule has 1 aromatic carbocycles. The SMILES string of the molecule is CCCNC(Cc1ccoc1)c1ccc(N(C)C)cc1. The maximum atomic E-state index is 5.17. The average Bonchev–Trinajstić information content (AvgIpc) is 2.96. The van der Waals surface area contributed by atoms with Gasteiger partial charge in [-0.3, -0.25) is 0 Å². The van der Waals surface area contributed by atoms with Gasteiger partial charge >= 0.3 is 0 Å². The van der Waals surface area contributed by atoms with Crippen LogP contribution in [0.25, 0.3) is 0 Å². The molecule has 0 radical (unpaired) electrons. The molecule has 0 amide bonds. The molecular weight excluding hydrogens is 248 g/mol. The molecule has 2 aromatic rings. The van der Waals surface area contributed by atoms with E-state index < -0.39 is 0 Å². The van der Waals surface area contributed by atoms with Crippen molar-refractivity contribution in [2.75, 3.05) is 25.5 Å². The summed E-state index contributed by atoms with van der Waals surface area (Å²) in [6.07, 6.45) is 5.66. The number of furan rings is 1. The normalized spacial score (nSPS) is 12.3. The number of benzene rings is 1. The largest absolute Gasteiger partial charge is 0.472 e. The fraction of sp³-hybridized carbons (Fsp3) is 0.412. The number of nitrogens with one attached hydrogen (secondary N) is 1. The summed E-state index contributed by atoms with van der Waals surface area (Å²) in [5.74, 6) is 0. The molecule has 1 unspecified atom stereocenters. The third kappa shape index (κ3) is 3.87. The molecule has 1 N–H and O–H groups in total. The Morgan fingerprint density at radius 1 is 1.15 bits per heavy atom. The molecule has 3 nitrogen and oxygen atoms in total. The number of hydrogen-bond acceptors (Lipinski definition) is 3. The van der Waals surface area contributed by atoms with Crippen LogP contribution in [0.2, 0.25) is 0 Å². The van der Waals surface area contributed by atoms with Crippen molar-refractivity contribution in [3.05, 3.63) is 54.0 Å². The topological polar surface area (TPSA) is 28.4 Å². The summed E-state index contributed by atoms with van der Waals surface area (Å²) in [4.78, 5) is 2.12. The second-order valence-electron chi connectivity index (χ2n) is 5.33. The molecule has 0 aliphatic carbocycles. The van der Waals surface area contributed by atoms with Crippen molar-refractivity contribution in [2.45, 2.75) is 25.8 Å². The first-order valence-corrected chi connectivity index (χ1v) is 7.22. The molecule has 0 aliphatic heterocycles. The Labute approximate surface area is 121 Å². The standard InChI is InChI=1S/C17H24N2O/c1-4-10-18-17(12-14-9-11-20-13-14)15-5-7-16(8-6-15)19(2)3/h5-9,11,13,17-18H,4,10,12H2,1-3H3. The van der Waals surface area contributed by atoms with E-state index in [9.17, 15) is 0 Å². The van der Waals surface area contributed by atoms with E-state index in [1.165, 1.54) is 16.8 Å². The number of hydrogen-bond donors (Lipinski definition) is 1. The zero-order valence-corrected chi connectivity index (χ0v) is 12.6. The summed E-state index contributed by atoms with van der Waals surface area (Å²) in [5.41, 5.74) is 3.78. The van der Waals surface area contributed by atoms with Gasteiger partial charge in [0.1, 0.15) is 0 Å². The molecule has 0 bridgehead atoms. The second kappa shape index (κ2) is 7.15. The van der Waals surface area contributed by atoms with E-state index >= 15 is 0 Å². The maximum Gasteiger partial charge on any atom is 0.0935 e.